The van der Waals surface area contributed by atoms with Crippen LogP contribution in [0.2, 0.25) is 0 Å². The second-order valence-corrected chi connectivity index (χ2v) is 17.6. The van der Waals surface area contributed by atoms with Crippen LogP contribution in [-0.4, -0.2) is 34.9 Å². The van der Waals surface area contributed by atoms with Gasteiger partial charge in [0.2, 0.25) is 5.91 Å². The molecule has 0 radical (unpaired) electrons. The predicted molar refractivity (Wildman–Crippen MR) is 289 cm³/mol. The molecule has 368 valence electrons. The van der Waals surface area contributed by atoms with E-state index in [-0.39, 0.29) is 12.5 Å². The Hall–Kier alpha value is -3.47. The van der Waals surface area contributed by atoms with Crippen LogP contribution < -0.4 is 5.32 Å². The van der Waals surface area contributed by atoms with Crippen molar-refractivity contribution < 1.29 is 15.0 Å². The first-order valence-corrected chi connectivity index (χ1v) is 26.9. The van der Waals surface area contributed by atoms with Gasteiger partial charge in [-0.05, 0) is 96.3 Å². The van der Waals surface area contributed by atoms with Crippen LogP contribution in [0.1, 0.15) is 226 Å². The Balaban J connectivity index is 3.74. The molecule has 4 heteroatoms. The van der Waals surface area contributed by atoms with E-state index in [1.807, 2.05) is 6.08 Å². The Morgan fingerprint density at radius 2 is 0.692 bits per heavy atom. The highest BCUT2D eigenvalue weighted by Gasteiger charge is 2.17. The van der Waals surface area contributed by atoms with Crippen molar-refractivity contribution >= 4 is 5.91 Å². The van der Waals surface area contributed by atoms with Gasteiger partial charge in [0, 0.05) is 6.42 Å². The van der Waals surface area contributed by atoms with Crippen molar-refractivity contribution in [2.75, 3.05) is 6.61 Å². The second kappa shape index (κ2) is 54.9. The molecule has 4 nitrogen and oxygen atoms in total. The summed E-state index contributed by atoms with van der Waals surface area (Å²) in [5, 5.41) is 23.1. The monoisotopic (exact) mass is 896 g/mol. The Morgan fingerprint density at radius 3 is 1.08 bits per heavy atom. The number of hydrogen-bond acceptors (Lipinski definition) is 3. The van der Waals surface area contributed by atoms with Crippen molar-refractivity contribution in [2.45, 2.75) is 238 Å². The lowest BCUT2D eigenvalue weighted by molar-refractivity contribution is -0.122. The van der Waals surface area contributed by atoms with Gasteiger partial charge in [-0.2, -0.15) is 0 Å². The lowest BCUT2D eigenvalue weighted by atomic mass is 10.0. The van der Waals surface area contributed by atoms with Crippen molar-refractivity contribution in [1.82, 2.24) is 5.32 Å². The zero-order valence-electron chi connectivity index (χ0n) is 42.2. The molecule has 0 aliphatic carbocycles. The topological polar surface area (TPSA) is 69.6 Å². The molecule has 0 aliphatic rings. The number of amides is 1. The molecule has 0 rings (SSSR count). The van der Waals surface area contributed by atoms with E-state index in [0.717, 1.165) is 89.9 Å². The van der Waals surface area contributed by atoms with Crippen LogP contribution in [0, 0.1) is 0 Å². The van der Waals surface area contributed by atoms with Crippen molar-refractivity contribution in [3.63, 3.8) is 0 Å². The molecule has 3 N–H and O–H groups in total. The zero-order valence-corrected chi connectivity index (χ0v) is 42.2. The van der Waals surface area contributed by atoms with Gasteiger partial charge in [0.15, 0.2) is 0 Å². The van der Waals surface area contributed by atoms with Gasteiger partial charge >= 0.3 is 0 Å². The Morgan fingerprint density at radius 1 is 0.385 bits per heavy atom. The summed E-state index contributed by atoms with van der Waals surface area (Å²) in [5.41, 5.74) is 0. The Kier molecular flexibility index (Phi) is 51.9. The van der Waals surface area contributed by atoms with E-state index >= 15 is 0 Å². The SMILES string of the molecule is CC/C=C\C/C=C\C/C=C\C/C=C\C/C=C\C/C=C\C/C=C\C/C=C\C/C=C\CCCC(=O)NC(CO)C(O)/C=C/CC/C=C/CCCCCCCCCCCCCCCCCCCC. The maximum atomic E-state index is 12.4. The van der Waals surface area contributed by atoms with Crippen LogP contribution in [0.25, 0.3) is 0 Å². The number of aliphatic hydroxyl groups is 2. The minimum Gasteiger partial charge on any atom is -0.394 e. The lowest BCUT2D eigenvalue weighted by Gasteiger charge is -2.19. The maximum Gasteiger partial charge on any atom is 0.220 e. The molecule has 65 heavy (non-hydrogen) atoms. The van der Waals surface area contributed by atoms with Crippen LogP contribution in [0.5, 0.6) is 0 Å². The van der Waals surface area contributed by atoms with Gasteiger partial charge in [0.05, 0.1) is 18.8 Å². The third-order valence-electron chi connectivity index (χ3n) is 11.4. The summed E-state index contributed by atoms with van der Waals surface area (Å²) in [7, 11) is 0. The van der Waals surface area contributed by atoms with Crippen LogP contribution >= 0.6 is 0 Å². The summed E-state index contributed by atoms with van der Waals surface area (Å²) in [6.45, 7) is 4.16. The highest BCUT2D eigenvalue weighted by atomic mass is 16.3. The summed E-state index contributed by atoms with van der Waals surface area (Å²) < 4.78 is 0. The van der Waals surface area contributed by atoms with E-state index in [2.05, 4.69) is 141 Å². The summed E-state index contributed by atoms with van der Waals surface area (Å²) >= 11 is 0. The van der Waals surface area contributed by atoms with Crippen molar-refractivity contribution in [3.8, 4) is 0 Å². The molecule has 0 aromatic carbocycles. The average molecular weight is 896 g/mol. The van der Waals surface area contributed by atoms with E-state index in [1.54, 1.807) is 6.08 Å². The summed E-state index contributed by atoms with van der Waals surface area (Å²) in [6.07, 6.45) is 86.0. The lowest BCUT2D eigenvalue weighted by Crippen LogP contribution is -2.45. The van der Waals surface area contributed by atoms with Gasteiger partial charge in [0.25, 0.3) is 0 Å². The molecule has 0 aromatic heterocycles. The molecule has 0 saturated carbocycles. The molecule has 1 amide bonds. The molecular formula is C61H101NO3. The van der Waals surface area contributed by atoms with Crippen LogP contribution in [0.15, 0.2) is 134 Å². The van der Waals surface area contributed by atoms with Gasteiger partial charge in [-0.25, -0.2) is 0 Å². The molecule has 2 unspecified atom stereocenters. The first-order chi connectivity index (χ1) is 32.2. The van der Waals surface area contributed by atoms with Gasteiger partial charge in [0.1, 0.15) is 0 Å². The van der Waals surface area contributed by atoms with Gasteiger partial charge in [-0.3, -0.25) is 4.79 Å². The number of carbonyl (C=O) groups is 1. The standard InChI is InChI=1S/C61H101NO3/c1-3-5-7-9-11-13-15-17-19-21-23-25-27-29-30-31-32-33-35-37-39-41-43-45-47-49-51-53-55-57-61(65)62-59(58-63)60(64)56-54-52-50-48-46-44-42-40-38-36-34-28-26-24-22-20-18-16-14-12-10-8-6-4-2/h5,7,11,13,17,19,23,25,29-30,32-33,37,39,43,45-46,48-49,51,54,56,59-60,63-64H,3-4,6,8-10,12,14-16,18,20-22,24,26-28,31,34-36,38,40-42,44,47,50,52-53,55,57-58H2,1-2H3,(H,62,65)/b7-5-,13-11-,19-17-,25-23-,30-29-,33-32-,39-37-,45-43-,48-46+,51-49-,56-54+. The highest BCUT2D eigenvalue weighted by molar-refractivity contribution is 5.76. The van der Waals surface area contributed by atoms with Crippen molar-refractivity contribution in [1.29, 1.82) is 0 Å². The summed E-state index contributed by atoms with van der Waals surface area (Å²) in [5.74, 6) is -0.136. The number of unbranched alkanes of at least 4 members (excludes halogenated alkanes) is 20. The number of aliphatic hydroxyl groups excluding tert-OH is 2. The molecule has 0 bridgehead atoms. The summed E-state index contributed by atoms with van der Waals surface area (Å²) in [6, 6.07) is -0.681. The van der Waals surface area contributed by atoms with E-state index < -0.39 is 12.1 Å². The Labute approximate surface area is 402 Å². The third-order valence-corrected chi connectivity index (χ3v) is 11.4. The Bertz CT molecular complexity index is 1340. The zero-order chi connectivity index (χ0) is 47.0. The molecule has 0 fully saturated rings. The fourth-order valence-corrected chi connectivity index (χ4v) is 7.31. The minimum absolute atomic E-state index is 0.136. The van der Waals surface area contributed by atoms with Gasteiger partial charge in [-0.1, -0.05) is 257 Å². The first kappa shape index (κ1) is 61.5. The molecule has 2 atom stereocenters. The average Bonchev–Trinajstić information content (AvgIpc) is 3.31. The maximum absolute atomic E-state index is 12.4. The molecular weight excluding hydrogens is 795 g/mol. The number of rotatable bonds is 47. The smallest absolute Gasteiger partial charge is 0.220 e. The van der Waals surface area contributed by atoms with E-state index in [0.29, 0.717) is 6.42 Å². The molecule has 0 spiro atoms. The van der Waals surface area contributed by atoms with E-state index in [1.165, 1.54) is 116 Å². The first-order valence-electron chi connectivity index (χ1n) is 26.9. The van der Waals surface area contributed by atoms with E-state index in [4.69, 9.17) is 0 Å². The molecule has 0 saturated heterocycles. The third kappa shape index (κ3) is 51.4. The summed E-state index contributed by atoms with van der Waals surface area (Å²) in [4.78, 5) is 12.4. The van der Waals surface area contributed by atoms with Gasteiger partial charge in [-0.15, -0.1) is 0 Å². The normalized spacial score (nSPS) is 14.0. The molecule has 0 aromatic rings. The van der Waals surface area contributed by atoms with E-state index in [9.17, 15) is 15.0 Å². The number of allylic oxidation sites excluding steroid dienone is 21. The number of carbonyl (C=O) groups excluding carboxylic acids is 1. The minimum atomic E-state index is -0.897. The van der Waals surface area contributed by atoms with Crippen molar-refractivity contribution in [2.24, 2.45) is 0 Å². The fraction of sp³-hybridized carbons (Fsp3) is 0.623. The van der Waals surface area contributed by atoms with Crippen LogP contribution in [0.3, 0.4) is 0 Å². The predicted octanol–water partition coefficient (Wildman–Crippen LogP) is 17.9. The number of nitrogens with one attached hydrogen (secondary N) is 1. The second-order valence-electron chi connectivity index (χ2n) is 17.6. The van der Waals surface area contributed by atoms with Crippen LogP contribution in [0.4, 0.5) is 0 Å². The molecule has 0 heterocycles. The fourth-order valence-electron chi connectivity index (χ4n) is 7.31. The quantitative estimate of drug-likeness (QED) is 0.0421. The highest BCUT2D eigenvalue weighted by Crippen LogP contribution is 2.15. The van der Waals surface area contributed by atoms with Crippen LogP contribution in [-0.2, 0) is 4.79 Å². The van der Waals surface area contributed by atoms with Crippen molar-refractivity contribution in [3.05, 3.63) is 134 Å². The van der Waals surface area contributed by atoms with Gasteiger partial charge < -0.3 is 15.5 Å². The number of hydrogen-bond donors (Lipinski definition) is 3. The largest absolute Gasteiger partial charge is 0.394 e. The molecule has 0 aliphatic heterocycles.